The average molecular weight is 271 g/mol. The standard InChI is InChI=1S/C16H21N3O/c1-11(2)9-15(20)18-12(3)16-17-10-14(19-16)13-7-5-4-6-8-13/h4-8,10-12H,9H2,1-3H3,(H,17,19)(H,18,20). The van der Waals surface area contributed by atoms with Gasteiger partial charge in [0.25, 0.3) is 0 Å². The van der Waals surface area contributed by atoms with Crippen LogP contribution in [0.15, 0.2) is 36.5 Å². The van der Waals surface area contributed by atoms with Crippen molar-refractivity contribution in [2.24, 2.45) is 5.92 Å². The fourth-order valence-electron chi connectivity index (χ4n) is 2.06. The molecule has 2 N–H and O–H groups in total. The van der Waals surface area contributed by atoms with Crippen LogP contribution in [-0.2, 0) is 4.79 Å². The van der Waals surface area contributed by atoms with Crippen molar-refractivity contribution in [1.82, 2.24) is 15.3 Å². The van der Waals surface area contributed by atoms with Crippen molar-refractivity contribution in [3.63, 3.8) is 0 Å². The van der Waals surface area contributed by atoms with Crippen molar-refractivity contribution in [2.75, 3.05) is 0 Å². The van der Waals surface area contributed by atoms with Crippen LogP contribution in [0, 0.1) is 5.92 Å². The Morgan fingerprint density at radius 1 is 1.25 bits per heavy atom. The molecule has 0 saturated carbocycles. The normalized spacial score (nSPS) is 12.4. The van der Waals surface area contributed by atoms with E-state index in [0.717, 1.165) is 17.1 Å². The van der Waals surface area contributed by atoms with Gasteiger partial charge in [-0.2, -0.15) is 0 Å². The first kappa shape index (κ1) is 14.3. The molecule has 0 spiro atoms. The molecule has 2 aromatic rings. The Hall–Kier alpha value is -2.10. The molecule has 0 aliphatic carbocycles. The smallest absolute Gasteiger partial charge is 0.220 e. The maximum absolute atomic E-state index is 11.8. The molecule has 4 nitrogen and oxygen atoms in total. The third kappa shape index (κ3) is 3.70. The van der Waals surface area contributed by atoms with E-state index in [1.165, 1.54) is 0 Å². The maximum Gasteiger partial charge on any atom is 0.220 e. The average Bonchev–Trinajstić information content (AvgIpc) is 2.88. The molecule has 1 aromatic carbocycles. The van der Waals surface area contributed by atoms with Gasteiger partial charge in [0.2, 0.25) is 5.91 Å². The summed E-state index contributed by atoms with van der Waals surface area (Å²) in [5.41, 5.74) is 2.05. The molecule has 1 heterocycles. The second-order valence-corrected chi connectivity index (χ2v) is 5.44. The largest absolute Gasteiger partial charge is 0.346 e. The van der Waals surface area contributed by atoms with Gasteiger partial charge in [0.05, 0.1) is 17.9 Å². The predicted molar refractivity (Wildman–Crippen MR) is 80.0 cm³/mol. The predicted octanol–water partition coefficient (Wildman–Crippen LogP) is 3.30. The van der Waals surface area contributed by atoms with Crippen molar-refractivity contribution in [2.45, 2.75) is 33.2 Å². The lowest BCUT2D eigenvalue weighted by atomic mass is 10.1. The minimum absolute atomic E-state index is 0.0603. The maximum atomic E-state index is 11.8. The number of aromatic amines is 1. The molecule has 2 rings (SSSR count). The Kier molecular flexibility index (Phi) is 4.56. The Balaban J connectivity index is 2.03. The monoisotopic (exact) mass is 271 g/mol. The first-order valence-electron chi connectivity index (χ1n) is 6.96. The molecule has 106 valence electrons. The van der Waals surface area contributed by atoms with E-state index in [1.807, 2.05) is 51.1 Å². The number of imidazole rings is 1. The van der Waals surface area contributed by atoms with E-state index in [4.69, 9.17) is 0 Å². The van der Waals surface area contributed by atoms with Gasteiger partial charge in [-0.1, -0.05) is 44.2 Å². The van der Waals surface area contributed by atoms with Gasteiger partial charge in [0, 0.05) is 6.42 Å². The fraction of sp³-hybridized carbons (Fsp3) is 0.375. The summed E-state index contributed by atoms with van der Waals surface area (Å²) in [6.45, 7) is 6.00. The number of rotatable bonds is 5. The van der Waals surface area contributed by atoms with Gasteiger partial charge in [0.15, 0.2) is 0 Å². The number of carbonyl (C=O) groups excluding carboxylic acids is 1. The second-order valence-electron chi connectivity index (χ2n) is 5.44. The second kappa shape index (κ2) is 6.37. The van der Waals surface area contributed by atoms with Gasteiger partial charge in [-0.15, -0.1) is 0 Å². The molecule has 1 unspecified atom stereocenters. The van der Waals surface area contributed by atoms with Crippen LogP contribution in [0.2, 0.25) is 0 Å². The SMILES string of the molecule is CC(C)CC(=O)NC(C)c1ncc(-c2ccccc2)[nH]1. The zero-order valence-electron chi connectivity index (χ0n) is 12.2. The van der Waals surface area contributed by atoms with E-state index >= 15 is 0 Å². The van der Waals surface area contributed by atoms with Crippen molar-refractivity contribution in [1.29, 1.82) is 0 Å². The molecule has 0 fully saturated rings. The zero-order valence-corrected chi connectivity index (χ0v) is 12.2. The number of nitrogens with zero attached hydrogens (tertiary/aromatic N) is 1. The summed E-state index contributed by atoms with van der Waals surface area (Å²) in [5, 5.41) is 2.96. The Morgan fingerprint density at radius 2 is 1.95 bits per heavy atom. The summed E-state index contributed by atoms with van der Waals surface area (Å²) in [6.07, 6.45) is 2.34. The quantitative estimate of drug-likeness (QED) is 0.876. The van der Waals surface area contributed by atoms with Crippen LogP contribution >= 0.6 is 0 Å². The van der Waals surface area contributed by atoms with Crippen LogP contribution in [0.5, 0.6) is 0 Å². The summed E-state index contributed by atoms with van der Waals surface area (Å²) in [7, 11) is 0. The highest BCUT2D eigenvalue weighted by Crippen LogP contribution is 2.18. The van der Waals surface area contributed by atoms with Gasteiger partial charge in [-0.05, 0) is 18.4 Å². The number of benzene rings is 1. The minimum atomic E-state index is -0.112. The van der Waals surface area contributed by atoms with Crippen LogP contribution in [0.25, 0.3) is 11.3 Å². The lowest BCUT2D eigenvalue weighted by Crippen LogP contribution is -2.28. The minimum Gasteiger partial charge on any atom is -0.346 e. The number of amides is 1. The van der Waals surface area contributed by atoms with Gasteiger partial charge < -0.3 is 10.3 Å². The van der Waals surface area contributed by atoms with Crippen LogP contribution in [0.3, 0.4) is 0 Å². The summed E-state index contributed by atoms with van der Waals surface area (Å²) >= 11 is 0. The van der Waals surface area contributed by atoms with Crippen LogP contribution in [0.4, 0.5) is 0 Å². The van der Waals surface area contributed by atoms with Crippen LogP contribution in [-0.4, -0.2) is 15.9 Å². The molecule has 1 atom stereocenters. The van der Waals surface area contributed by atoms with E-state index in [0.29, 0.717) is 12.3 Å². The lowest BCUT2D eigenvalue weighted by Gasteiger charge is -2.12. The zero-order chi connectivity index (χ0) is 14.5. The number of hydrogen-bond acceptors (Lipinski definition) is 2. The lowest BCUT2D eigenvalue weighted by molar-refractivity contribution is -0.122. The molecule has 1 aromatic heterocycles. The molecule has 0 bridgehead atoms. The summed E-state index contributed by atoms with van der Waals surface area (Å²) in [6, 6.07) is 9.90. The summed E-state index contributed by atoms with van der Waals surface area (Å²) in [5.74, 6) is 1.20. The molecule has 1 amide bonds. The number of H-pyrrole nitrogens is 1. The van der Waals surface area contributed by atoms with Crippen molar-refractivity contribution in [3.05, 3.63) is 42.4 Å². The highest BCUT2D eigenvalue weighted by molar-refractivity contribution is 5.76. The highest BCUT2D eigenvalue weighted by Gasteiger charge is 2.14. The third-order valence-electron chi connectivity index (χ3n) is 3.06. The molecule has 0 aliphatic heterocycles. The van der Waals surface area contributed by atoms with Crippen molar-refractivity contribution < 1.29 is 4.79 Å². The topological polar surface area (TPSA) is 57.8 Å². The molecular weight excluding hydrogens is 250 g/mol. The summed E-state index contributed by atoms with van der Waals surface area (Å²) in [4.78, 5) is 19.4. The Labute approximate surface area is 119 Å². The first-order valence-corrected chi connectivity index (χ1v) is 6.96. The number of hydrogen-bond donors (Lipinski definition) is 2. The molecule has 0 aliphatic rings. The van der Waals surface area contributed by atoms with Crippen LogP contribution in [0.1, 0.15) is 39.1 Å². The number of aromatic nitrogens is 2. The molecule has 20 heavy (non-hydrogen) atoms. The molecular formula is C16H21N3O. The van der Waals surface area contributed by atoms with Gasteiger partial charge >= 0.3 is 0 Å². The fourth-order valence-corrected chi connectivity index (χ4v) is 2.06. The van der Waals surface area contributed by atoms with E-state index in [1.54, 1.807) is 6.20 Å². The van der Waals surface area contributed by atoms with E-state index in [2.05, 4.69) is 15.3 Å². The van der Waals surface area contributed by atoms with E-state index in [9.17, 15) is 4.79 Å². The highest BCUT2D eigenvalue weighted by atomic mass is 16.1. The van der Waals surface area contributed by atoms with E-state index < -0.39 is 0 Å². The van der Waals surface area contributed by atoms with Crippen molar-refractivity contribution >= 4 is 5.91 Å². The van der Waals surface area contributed by atoms with Gasteiger partial charge in [-0.3, -0.25) is 4.79 Å². The van der Waals surface area contributed by atoms with Crippen molar-refractivity contribution in [3.8, 4) is 11.3 Å². The Morgan fingerprint density at radius 3 is 2.60 bits per heavy atom. The number of nitrogens with one attached hydrogen (secondary N) is 2. The van der Waals surface area contributed by atoms with Gasteiger partial charge in [-0.25, -0.2) is 4.98 Å². The molecule has 4 heteroatoms. The molecule has 0 radical (unpaired) electrons. The Bertz CT molecular complexity index is 560. The number of carbonyl (C=O) groups is 1. The van der Waals surface area contributed by atoms with Gasteiger partial charge in [0.1, 0.15) is 5.82 Å². The first-order chi connectivity index (χ1) is 9.56. The molecule has 0 saturated heterocycles. The van der Waals surface area contributed by atoms with Crippen LogP contribution < -0.4 is 5.32 Å². The summed E-state index contributed by atoms with van der Waals surface area (Å²) < 4.78 is 0. The third-order valence-corrected chi connectivity index (χ3v) is 3.06. The van der Waals surface area contributed by atoms with E-state index in [-0.39, 0.29) is 11.9 Å².